The van der Waals surface area contributed by atoms with Gasteiger partial charge in [-0.15, -0.1) is 0 Å². The molecule has 2 N–H and O–H groups in total. The van der Waals surface area contributed by atoms with E-state index in [4.69, 9.17) is 0 Å². The third-order valence-corrected chi connectivity index (χ3v) is 5.85. The fraction of sp³-hybridized carbons (Fsp3) is 0.524. The van der Waals surface area contributed by atoms with Crippen LogP contribution in [0.25, 0.3) is 0 Å². The molecule has 2 fully saturated rings. The smallest absolute Gasteiger partial charge is 0.256 e. The second kappa shape index (κ2) is 9.84. The molecule has 1 unspecified atom stereocenters. The number of carbonyl (C=O) groups excluding carboxylic acids is 4. The van der Waals surface area contributed by atoms with Crippen molar-refractivity contribution in [3.8, 4) is 0 Å². The van der Waals surface area contributed by atoms with Crippen LogP contribution in [0.5, 0.6) is 0 Å². The van der Waals surface area contributed by atoms with Gasteiger partial charge in [-0.3, -0.25) is 19.2 Å². The van der Waals surface area contributed by atoms with Crippen LogP contribution in [0.1, 0.15) is 36.0 Å². The average Bonchev–Trinajstić information content (AvgIpc) is 3.26. The van der Waals surface area contributed by atoms with Crippen molar-refractivity contribution < 1.29 is 28.0 Å². The van der Waals surface area contributed by atoms with Crippen LogP contribution in [0.15, 0.2) is 18.2 Å². The summed E-state index contributed by atoms with van der Waals surface area (Å²) in [6.45, 7) is 0.804. The van der Waals surface area contributed by atoms with Gasteiger partial charge in [0.15, 0.2) is 0 Å². The van der Waals surface area contributed by atoms with Crippen LogP contribution >= 0.6 is 0 Å². The third kappa shape index (κ3) is 5.18. The quantitative estimate of drug-likeness (QED) is 0.709. The van der Waals surface area contributed by atoms with E-state index in [2.05, 4.69) is 10.6 Å². The van der Waals surface area contributed by atoms with Crippen molar-refractivity contribution in [1.82, 2.24) is 20.4 Å². The number of hydrogen-bond acceptors (Lipinski definition) is 4. The van der Waals surface area contributed by atoms with Gasteiger partial charge in [0.1, 0.15) is 17.7 Å². The van der Waals surface area contributed by atoms with Gasteiger partial charge in [0.05, 0.1) is 12.1 Å². The largest absolute Gasteiger partial charge is 0.357 e. The Morgan fingerprint density at radius 2 is 1.74 bits per heavy atom. The SMILES string of the molecule is CNC(=O)C1CCCN1C(=O)CNC(=O)C1CCN(C(=O)c2ccc(F)cc2F)CC1. The van der Waals surface area contributed by atoms with Crippen molar-refractivity contribution in [3.05, 3.63) is 35.4 Å². The van der Waals surface area contributed by atoms with Crippen molar-refractivity contribution in [2.45, 2.75) is 31.7 Å². The van der Waals surface area contributed by atoms with Gasteiger partial charge in [0.25, 0.3) is 5.91 Å². The Morgan fingerprint density at radius 1 is 1.03 bits per heavy atom. The van der Waals surface area contributed by atoms with Crippen LogP contribution < -0.4 is 10.6 Å². The van der Waals surface area contributed by atoms with Crippen LogP contribution in [0.3, 0.4) is 0 Å². The molecule has 4 amide bonds. The molecular formula is C21H26F2N4O4. The minimum Gasteiger partial charge on any atom is -0.357 e. The van der Waals surface area contributed by atoms with E-state index in [-0.39, 0.29) is 48.8 Å². The van der Waals surface area contributed by atoms with E-state index in [1.165, 1.54) is 16.8 Å². The Morgan fingerprint density at radius 3 is 2.39 bits per heavy atom. The normalized spacial score (nSPS) is 19.3. The first-order valence-electron chi connectivity index (χ1n) is 10.3. The van der Waals surface area contributed by atoms with Crippen molar-refractivity contribution >= 4 is 23.6 Å². The van der Waals surface area contributed by atoms with E-state index in [1.807, 2.05) is 0 Å². The summed E-state index contributed by atoms with van der Waals surface area (Å²) in [4.78, 5) is 52.1. The molecule has 0 aromatic heterocycles. The van der Waals surface area contributed by atoms with E-state index < -0.39 is 23.6 Å². The highest BCUT2D eigenvalue weighted by atomic mass is 19.1. The second-order valence-electron chi connectivity index (χ2n) is 7.77. The van der Waals surface area contributed by atoms with Gasteiger partial charge in [0.2, 0.25) is 17.7 Å². The molecule has 0 radical (unpaired) electrons. The number of rotatable bonds is 5. The third-order valence-electron chi connectivity index (χ3n) is 5.85. The fourth-order valence-electron chi connectivity index (χ4n) is 4.09. The van der Waals surface area contributed by atoms with Gasteiger partial charge in [0, 0.05) is 38.7 Å². The van der Waals surface area contributed by atoms with E-state index in [0.717, 1.165) is 18.6 Å². The predicted octanol–water partition coefficient (Wildman–Crippen LogP) is 0.670. The first-order valence-corrected chi connectivity index (χ1v) is 10.3. The van der Waals surface area contributed by atoms with Gasteiger partial charge >= 0.3 is 0 Å². The van der Waals surface area contributed by atoms with Gasteiger partial charge in [-0.2, -0.15) is 0 Å². The number of likely N-dealkylation sites (N-methyl/N-ethyl adjacent to an activating group) is 1. The van der Waals surface area contributed by atoms with Gasteiger partial charge < -0.3 is 20.4 Å². The topological polar surface area (TPSA) is 98.8 Å². The summed E-state index contributed by atoms with van der Waals surface area (Å²) in [6.07, 6.45) is 2.08. The van der Waals surface area contributed by atoms with E-state index in [1.54, 1.807) is 0 Å². The Kier molecular flexibility index (Phi) is 7.19. The number of piperidine rings is 1. The van der Waals surface area contributed by atoms with Gasteiger partial charge in [-0.1, -0.05) is 0 Å². The maximum absolute atomic E-state index is 13.9. The molecule has 0 aliphatic carbocycles. The van der Waals surface area contributed by atoms with Crippen molar-refractivity contribution in [3.63, 3.8) is 0 Å². The lowest BCUT2D eigenvalue weighted by Crippen LogP contribution is -2.49. The maximum atomic E-state index is 13.9. The van der Waals surface area contributed by atoms with Gasteiger partial charge in [-0.25, -0.2) is 8.78 Å². The summed E-state index contributed by atoms with van der Waals surface area (Å²) in [5.74, 6) is -3.39. The molecule has 2 saturated heterocycles. The lowest BCUT2D eigenvalue weighted by Gasteiger charge is -2.31. The Bertz CT molecular complexity index is 871. The highest BCUT2D eigenvalue weighted by molar-refractivity contribution is 5.95. The highest BCUT2D eigenvalue weighted by Gasteiger charge is 2.34. The average molecular weight is 436 g/mol. The number of likely N-dealkylation sites (tertiary alicyclic amines) is 2. The molecule has 168 valence electrons. The molecular weight excluding hydrogens is 410 g/mol. The van der Waals surface area contributed by atoms with Crippen molar-refractivity contribution in [2.24, 2.45) is 5.92 Å². The number of hydrogen-bond donors (Lipinski definition) is 2. The molecule has 2 heterocycles. The molecule has 1 aromatic rings. The summed E-state index contributed by atoms with van der Waals surface area (Å²) >= 11 is 0. The summed E-state index contributed by atoms with van der Waals surface area (Å²) in [5.41, 5.74) is -0.203. The second-order valence-corrected chi connectivity index (χ2v) is 7.77. The molecule has 8 nitrogen and oxygen atoms in total. The lowest BCUT2D eigenvalue weighted by atomic mass is 9.95. The van der Waals surface area contributed by atoms with Crippen molar-refractivity contribution in [1.29, 1.82) is 0 Å². The summed E-state index contributed by atoms with van der Waals surface area (Å²) in [6, 6.07) is 2.31. The van der Waals surface area contributed by atoms with Gasteiger partial charge in [-0.05, 0) is 37.8 Å². The zero-order valence-electron chi connectivity index (χ0n) is 17.3. The zero-order valence-corrected chi connectivity index (χ0v) is 17.3. The standard InChI is InChI=1S/C21H26F2N4O4/c1-24-20(30)17-3-2-8-27(17)18(28)12-25-19(29)13-6-9-26(10-7-13)21(31)15-5-4-14(22)11-16(15)23/h4-5,11,13,17H,2-3,6-10,12H2,1H3,(H,24,30)(H,25,29). The minimum absolute atomic E-state index is 0.188. The Labute approximate surface area is 178 Å². The van der Waals surface area contributed by atoms with E-state index >= 15 is 0 Å². The molecule has 1 atom stereocenters. The lowest BCUT2D eigenvalue weighted by molar-refractivity contribution is -0.139. The summed E-state index contributed by atoms with van der Waals surface area (Å²) in [5, 5.41) is 5.18. The highest BCUT2D eigenvalue weighted by Crippen LogP contribution is 2.21. The molecule has 3 rings (SSSR count). The van der Waals surface area contributed by atoms with E-state index in [9.17, 15) is 28.0 Å². The minimum atomic E-state index is -0.916. The monoisotopic (exact) mass is 436 g/mol. The number of nitrogens with one attached hydrogen (secondary N) is 2. The Hall–Kier alpha value is -3.04. The molecule has 1 aromatic carbocycles. The van der Waals surface area contributed by atoms with Crippen LogP contribution in [0.4, 0.5) is 8.78 Å². The molecule has 2 aliphatic heterocycles. The van der Waals surface area contributed by atoms with Crippen LogP contribution in [0.2, 0.25) is 0 Å². The fourth-order valence-corrected chi connectivity index (χ4v) is 4.09. The van der Waals surface area contributed by atoms with Crippen LogP contribution in [-0.4, -0.2) is 72.7 Å². The number of benzene rings is 1. The van der Waals surface area contributed by atoms with Crippen LogP contribution in [0, 0.1) is 17.6 Å². The molecule has 0 bridgehead atoms. The maximum Gasteiger partial charge on any atom is 0.256 e. The van der Waals surface area contributed by atoms with Crippen LogP contribution in [-0.2, 0) is 14.4 Å². The number of amides is 4. The molecule has 0 spiro atoms. The van der Waals surface area contributed by atoms with E-state index in [0.29, 0.717) is 31.9 Å². The molecule has 10 heteroatoms. The summed E-state index contributed by atoms with van der Waals surface area (Å²) < 4.78 is 26.9. The number of halogens is 2. The zero-order chi connectivity index (χ0) is 22.5. The first kappa shape index (κ1) is 22.6. The molecule has 2 aliphatic rings. The van der Waals surface area contributed by atoms with Crippen molar-refractivity contribution in [2.75, 3.05) is 33.2 Å². The number of nitrogens with zero attached hydrogens (tertiary/aromatic N) is 2. The molecule has 0 saturated carbocycles. The Balaban J connectivity index is 1.47. The number of carbonyl (C=O) groups is 4. The summed E-state index contributed by atoms with van der Waals surface area (Å²) in [7, 11) is 1.52. The molecule has 31 heavy (non-hydrogen) atoms. The predicted molar refractivity (Wildman–Crippen MR) is 107 cm³/mol. The first-order chi connectivity index (χ1) is 14.8.